The molecule has 1 atom stereocenters. The number of nitrogens with one attached hydrogen (secondary N) is 1. The number of nitrogens with zero attached hydrogens (tertiary/aromatic N) is 5. The van der Waals surface area contributed by atoms with Gasteiger partial charge >= 0.3 is 6.18 Å². The van der Waals surface area contributed by atoms with Crippen molar-refractivity contribution < 1.29 is 31.2 Å². The van der Waals surface area contributed by atoms with Gasteiger partial charge in [-0.3, -0.25) is 4.79 Å². The fourth-order valence-electron chi connectivity index (χ4n) is 3.88. The summed E-state index contributed by atoms with van der Waals surface area (Å²) in [6.07, 6.45) is -5.23. The second kappa shape index (κ2) is 7.14. The molecule has 1 amide bonds. The molecule has 5 heterocycles. The molecule has 5 rings (SSSR count). The molecule has 1 aliphatic heterocycles. The molecule has 0 bridgehead atoms. The summed E-state index contributed by atoms with van der Waals surface area (Å²) in [6, 6.07) is 3.96. The highest BCUT2D eigenvalue weighted by Crippen LogP contribution is 2.36. The maximum absolute atomic E-state index is 13.4. The lowest BCUT2D eigenvalue weighted by molar-refractivity contribution is -0.142. The number of alkyl halides is 5. The Morgan fingerprint density at radius 2 is 2.06 bits per heavy atom. The van der Waals surface area contributed by atoms with Crippen LogP contribution in [0.2, 0.25) is 0 Å². The molecule has 4 aromatic rings. The van der Waals surface area contributed by atoms with Crippen LogP contribution in [0.4, 0.5) is 22.0 Å². The number of carbonyl (C=O) groups is 1. The van der Waals surface area contributed by atoms with E-state index < -0.39 is 41.7 Å². The van der Waals surface area contributed by atoms with E-state index >= 15 is 0 Å². The van der Waals surface area contributed by atoms with Gasteiger partial charge < -0.3 is 14.3 Å². The number of carbonyl (C=O) groups excluding carboxylic acids is 1. The highest BCUT2D eigenvalue weighted by Gasteiger charge is 2.40. The highest BCUT2D eigenvalue weighted by molar-refractivity contribution is 5.93. The molecule has 1 aliphatic rings. The number of hydrogen-bond donors (Lipinski definition) is 1. The van der Waals surface area contributed by atoms with E-state index in [2.05, 4.69) is 20.1 Å². The molecule has 13 heteroatoms. The average molecular weight is 452 g/mol. The number of H-pyrrole nitrogens is 1. The van der Waals surface area contributed by atoms with Gasteiger partial charge in [0.2, 0.25) is 5.76 Å². The van der Waals surface area contributed by atoms with Gasteiger partial charge in [0.25, 0.3) is 12.3 Å². The Morgan fingerprint density at radius 1 is 1.25 bits per heavy atom. The van der Waals surface area contributed by atoms with Gasteiger partial charge in [-0.1, -0.05) is 6.07 Å². The molecule has 8 nitrogen and oxygen atoms in total. The van der Waals surface area contributed by atoms with Crippen molar-refractivity contribution in [2.75, 3.05) is 6.54 Å². The average Bonchev–Trinajstić information content (AvgIpc) is 3.49. The van der Waals surface area contributed by atoms with Crippen molar-refractivity contribution in [3.8, 4) is 0 Å². The van der Waals surface area contributed by atoms with Crippen molar-refractivity contribution in [1.29, 1.82) is 0 Å². The number of aromatic amines is 1. The fraction of sp³-hybridized carbons (Fsp3) is 0.263. The van der Waals surface area contributed by atoms with Crippen molar-refractivity contribution in [2.45, 2.75) is 25.1 Å². The Kier molecular flexibility index (Phi) is 4.50. The molecule has 4 aromatic heterocycles. The van der Waals surface area contributed by atoms with Gasteiger partial charge in [-0.25, -0.2) is 23.3 Å². The number of aromatic nitrogens is 5. The third-order valence-electron chi connectivity index (χ3n) is 5.26. The molecule has 166 valence electrons. The Balaban J connectivity index is 1.64. The summed E-state index contributed by atoms with van der Waals surface area (Å²) in [5.74, 6) is -1.52. The van der Waals surface area contributed by atoms with E-state index in [0.717, 1.165) is 17.0 Å². The molecule has 0 saturated heterocycles. The Bertz CT molecular complexity index is 1310. The van der Waals surface area contributed by atoms with Crippen LogP contribution in [-0.4, -0.2) is 41.9 Å². The predicted molar refractivity (Wildman–Crippen MR) is 96.8 cm³/mol. The van der Waals surface area contributed by atoms with E-state index in [1.165, 1.54) is 29.4 Å². The Morgan fingerprint density at radius 3 is 2.81 bits per heavy atom. The van der Waals surface area contributed by atoms with Crippen molar-refractivity contribution in [3.63, 3.8) is 0 Å². The molecule has 32 heavy (non-hydrogen) atoms. The monoisotopic (exact) mass is 452 g/mol. The van der Waals surface area contributed by atoms with Crippen LogP contribution in [0.15, 0.2) is 41.4 Å². The standard InChI is InChI=1S/C19H13F5N6O2/c20-17(21)14-16(32-8-27-14)18(31)29-5-4-10-13(26-7-25-10)15(29)11-6-9-2-1-3-12(19(22,23)24)30(9)28-11/h1-3,6-8,15,17H,4-5H2,(H,25,26). The second-order valence-corrected chi connectivity index (χ2v) is 7.10. The first kappa shape index (κ1) is 20.2. The minimum Gasteiger partial charge on any atom is -0.438 e. The summed E-state index contributed by atoms with van der Waals surface area (Å²) in [5.41, 5.74) is -0.527. The van der Waals surface area contributed by atoms with E-state index in [1.807, 2.05) is 0 Å². The molecule has 1 unspecified atom stereocenters. The quantitative estimate of drug-likeness (QED) is 0.478. The van der Waals surface area contributed by atoms with Gasteiger partial charge in [0.1, 0.15) is 11.7 Å². The number of oxazole rings is 1. The molecule has 0 fully saturated rings. The lowest BCUT2D eigenvalue weighted by atomic mass is 9.99. The number of fused-ring (bicyclic) bond motifs is 2. The van der Waals surface area contributed by atoms with Crippen LogP contribution >= 0.6 is 0 Å². The van der Waals surface area contributed by atoms with E-state index in [0.29, 0.717) is 17.8 Å². The molecular formula is C19H13F5N6O2. The Hall–Kier alpha value is -3.77. The van der Waals surface area contributed by atoms with Crippen LogP contribution in [0.3, 0.4) is 0 Å². The smallest absolute Gasteiger partial charge is 0.433 e. The van der Waals surface area contributed by atoms with Gasteiger partial charge in [0.15, 0.2) is 12.1 Å². The molecule has 1 N–H and O–H groups in total. The van der Waals surface area contributed by atoms with Gasteiger partial charge in [-0.2, -0.15) is 18.3 Å². The van der Waals surface area contributed by atoms with Crippen molar-refractivity contribution in [2.24, 2.45) is 0 Å². The maximum Gasteiger partial charge on any atom is 0.433 e. The first-order valence-corrected chi connectivity index (χ1v) is 9.36. The predicted octanol–water partition coefficient (Wildman–Crippen LogP) is 3.79. The second-order valence-electron chi connectivity index (χ2n) is 7.10. The molecule has 0 aromatic carbocycles. The number of amides is 1. The number of halogens is 5. The third kappa shape index (κ3) is 3.11. The van der Waals surface area contributed by atoms with Crippen LogP contribution in [-0.2, 0) is 12.6 Å². The van der Waals surface area contributed by atoms with Crippen LogP contribution in [0, 0.1) is 0 Å². The fourth-order valence-corrected chi connectivity index (χ4v) is 3.88. The van der Waals surface area contributed by atoms with E-state index in [9.17, 15) is 26.7 Å². The molecule has 0 saturated carbocycles. The Labute approximate surface area is 175 Å². The third-order valence-corrected chi connectivity index (χ3v) is 5.26. The number of hydrogen-bond acceptors (Lipinski definition) is 5. The molecule has 0 radical (unpaired) electrons. The number of imidazole rings is 1. The first-order valence-electron chi connectivity index (χ1n) is 9.36. The van der Waals surface area contributed by atoms with E-state index in [4.69, 9.17) is 4.42 Å². The largest absolute Gasteiger partial charge is 0.438 e. The SMILES string of the molecule is O=C(c1ocnc1C(F)F)N1CCc2[nH]cnc2C1c1cc2cccc(C(F)(F)F)n2n1. The lowest BCUT2D eigenvalue weighted by Gasteiger charge is -2.33. The summed E-state index contributed by atoms with van der Waals surface area (Å²) >= 11 is 0. The van der Waals surface area contributed by atoms with Gasteiger partial charge in [-0.15, -0.1) is 0 Å². The van der Waals surface area contributed by atoms with Gasteiger partial charge in [0, 0.05) is 18.7 Å². The van der Waals surface area contributed by atoms with Crippen LogP contribution in [0.25, 0.3) is 5.52 Å². The maximum atomic E-state index is 13.4. The van der Waals surface area contributed by atoms with Crippen molar-refractivity contribution in [3.05, 3.63) is 71.2 Å². The lowest BCUT2D eigenvalue weighted by Crippen LogP contribution is -2.41. The van der Waals surface area contributed by atoms with Crippen molar-refractivity contribution >= 4 is 11.4 Å². The van der Waals surface area contributed by atoms with Gasteiger partial charge in [-0.05, 0) is 18.2 Å². The van der Waals surface area contributed by atoms with Crippen molar-refractivity contribution in [1.82, 2.24) is 29.5 Å². The highest BCUT2D eigenvalue weighted by atomic mass is 19.4. The van der Waals surface area contributed by atoms with Crippen LogP contribution in [0.5, 0.6) is 0 Å². The topological polar surface area (TPSA) is 92.3 Å². The summed E-state index contributed by atoms with van der Waals surface area (Å²) in [4.78, 5) is 24.9. The number of rotatable bonds is 3. The first-order chi connectivity index (χ1) is 15.3. The van der Waals surface area contributed by atoms with Gasteiger partial charge in [0.05, 0.1) is 23.2 Å². The summed E-state index contributed by atoms with van der Waals surface area (Å²) < 4.78 is 72.5. The summed E-state index contributed by atoms with van der Waals surface area (Å²) in [7, 11) is 0. The minimum absolute atomic E-state index is 0.0715. The normalized spacial score (nSPS) is 16.7. The van der Waals surface area contributed by atoms with E-state index in [-0.39, 0.29) is 17.8 Å². The zero-order valence-electron chi connectivity index (χ0n) is 16.0. The summed E-state index contributed by atoms with van der Waals surface area (Å²) in [6.45, 7) is 0.0715. The summed E-state index contributed by atoms with van der Waals surface area (Å²) in [5, 5.41) is 4.11. The zero-order valence-corrected chi connectivity index (χ0v) is 16.0. The van der Waals surface area contributed by atoms with Crippen LogP contribution in [0.1, 0.15) is 51.5 Å². The molecule has 0 spiro atoms. The zero-order chi connectivity index (χ0) is 22.6. The van der Waals surface area contributed by atoms with E-state index in [1.54, 1.807) is 0 Å². The van der Waals surface area contributed by atoms with Crippen LogP contribution < -0.4 is 0 Å². The molecule has 0 aliphatic carbocycles. The number of pyridine rings is 1. The molecular weight excluding hydrogens is 439 g/mol. The minimum atomic E-state index is -4.66.